The molecule has 0 radical (unpaired) electrons. The molecule has 3 aromatic rings. The molecule has 2 aromatic carbocycles. The molecule has 3 rings (SSSR count). The Balaban J connectivity index is 1.93. The molecule has 7 heteroatoms. The Labute approximate surface area is 153 Å². The molecule has 1 N–H and O–H groups in total. The molecule has 0 saturated carbocycles. The minimum atomic E-state index is -4.42. The maximum absolute atomic E-state index is 12.8. The zero-order chi connectivity index (χ0) is 19.3. The van der Waals surface area contributed by atoms with E-state index < -0.39 is 17.6 Å². The lowest BCUT2D eigenvalue weighted by Crippen LogP contribution is -2.21. The molecule has 0 aliphatic heterocycles. The average molecular weight is 369 g/mol. The fraction of sp³-hybridized carbons (Fsp3) is 0.0500. The number of aromatic nitrogens is 1. The SMILES string of the molecule is O=C(N/N=C(\c1ccccc1)c1ccc(C(F)(F)F)cc1)c1ccccn1. The smallest absolute Gasteiger partial charge is 0.266 e. The highest BCUT2D eigenvalue weighted by atomic mass is 19.4. The van der Waals surface area contributed by atoms with Gasteiger partial charge in [-0.1, -0.05) is 48.5 Å². The summed E-state index contributed by atoms with van der Waals surface area (Å²) in [5.41, 5.74) is 3.27. The van der Waals surface area contributed by atoms with Crippen LogP contribution in [0.25, 0.3) is 0 Å². The van der Waals surface area contributed by atoms with E-state index in [2.05, 4.69) is 15.5 Å². The maximum Gasteiger partial charge on any atom is 0.416 e. The molecular weight excluding hydrogens is 355 g/mol. The summed E-state index contributed by atoms with van der Waals surface area (Å²) >= 11 is 0. The molecule has 1 aromatic heterocycles. The van der Waals surface area contributed by atoms with Gasteiger partial charge < -0.3 is 0 Å². The van der Waals surface area contributed by atoms with Gasteiger partial charge in [-0.25, -0.2) is 5.43 Å². The van der Waals surface area contributed by atoms with Gasteiger partial charge >= 0.3 is 6.18 Å². The summed E-state index contributed by atoms with van der Waals surface area (Å²) in [6.45, 7) is 0. The second-order valence-corrected chi connectivity index (χ2v) is 5.56. The van der Waals surface area contributed by atoms with Crippen LogP contribution in [-0.2, 0) is 6.18 Å². The van der Waals surface area contributed by atoms with Gasteiger partial charge in [-0.2, -0.15) is 18.3 Å². The molecule has 1 amide bonds. The Morgan fingerprint density at radius 3 is 2.07 bits per heavy atom. The van der Waals surface area contributed by atoms with Crippen LogP contribution in [0.1, 0.15) is 27.2 Å². The van der Waals surface area contributed by atoms with Gasteiger partial charge in [0.25, 0.3) is 5.91 Å². The molecule has 0 spiro atoms. The number of hydrogen-bond donors (Lipinski definition) is 1. The van der Waals surface area contributed by atoms with E-state index in [1.54, 1.807) is 42.5 Å². The molecule has 4 nitrogen and oxygen atoms in total. The summed E-state index contributed by atoms with van der Waals surface area (Å²) in [6, 6.07) is 18.3. The number of hydrazone groups is 1. The first-order valence-corrected chi connectivity index (χ1v) is 7.97. The van der Waals surface area contributed by atoms with E-state index in [0.29, 0.717) is 16.8 Å². The zero-order valence-corrected chi connectivity index (χ0v) is 13.9. The Hall–Kier alpha value is -3.48. The third kappa shape index (κ3) is 4.58. The van der Waals surface area contributed by atoms with Crippen LogP contribution < -0.4 is 5.43 Å². The highest BCUT2D eigenvalue weighted by molar-refractivity contribution is 6.13. The van der Waals surface area contributed by atoms with Crippen molar-refractivity contribution in [3.8, 4) is 0 Å². The van der Waals surface area contributed by atoms with Gasteiger partial charge in [-0.15, -0.1) is 0 Å². The number of hydrogen-bond acceptors (Lipinski definition) is 3. The van der Waals surface area contributed by atoms with Crippen molar-refractivity contribution in [3.63, 3.8) is 0 Å². The normalized spacial score (nSPS) is 11.9. The van der Waals surface area contributed by atoms with Crippen LogP contribution in [-0.4, -0.2) is 16.6 Å². The standard InChI is InChI=1S/C20H14F3N3O/c21-20(22,23)16-11-9-15(10-12-16)18(14-6-2-1-3-7-14)25-26-19(27)17-8-4-5-13-24-17/h1-13H,(H,26,27)/b25-18+. The Morgan fingerprint density at radius 1 is 0.852 bits per heavy atom. The maximum atomic E-state index is 12.8. The van der Waals surface area contributed by atoms with Gasteiger partial charge in [0.15, 0.2) is 0 Å². The van der Waals surface area contributed by atoms with Crippen molar-refractivity contribution < 1.29 is 18.0 Å². The lowest BCUT2D eigenvalue weighted by atomic mass is 10.0. The highest BCUT2D eigenvalue weighted by Crippen LogP contribution is 2.29. The number of benzene rings is 2. The zero-order valence-electron chi connectivity index (χ0n) is 13.9. The molecular formula is C20H14F3N3O. The van der Waals surface area contributed by atoms with Crippen molar-refractivity contribution in [2.45, 2.75) is 6.18 Å². The number of alkyl halides is 3. The number of pyridine rings is 1. The van der Waals surface area contributed by atoms with E-state index in [4.69, 9.17) is 0 Å². The minimum absolute atomic E-state index is 0.182. The van der Waals surface area contributed by atoms with Gasteiger partial charge in [0.05, 0.1) is 11.3 Å². The first kappa shape index (κ1) is 18.3. The predicted octanol–water partition coefficient (Wildman–Crippen LogP) is 4.28. The molecule has 0 aliphatic rings. The summed E-state index contributed by atoms with van der Waals surface area (Å²) in [6.07, 6.45) is -2.94. The quantitative estimate of drug-likeness (QED) is 0.551. The molecule has 0 aliphatic carbocycles. The number of carbonyl (C=O) groups is 1. The fourth-order valence-corrected chi connectivity index (χ4v) is 2.37. The molecule has 0 bridgehead atoms. The molecule has 0 atom stereocenters. The first-order chi connectivity index (χ1) is 12.9. The lowest BCUT2D eigenvalue weighted by molar-refractivity contribution is -0.137. The van der Waals surface area contributed by atoms with Crippen LogP contribution in [0.5, 0.6) is 0 Å². The topological polar surface area (TPSA) is 54.4 Å². The van der Waals surface area contributed by atoms with Gasteiger partial charge in [0.1, 0.15) is 5.69 Å². The third-order valence-electron chi connectivity index (χ3n) is 3.70. The van der Waals surface area contributed by atoms with Crippen LogP contribution in [0.4, 0.5) is 13.2 Å². The van der Waals surface area contributed by atoms with Crippen molar-refractivity contribution in [1.29, 1.82) is 0 Å². The van der Waals surface area contributed by atoms with Crippen molar-refractivity contribution in [1.82, 2.24) is 10.4 Å². The highest BCUT2D eigenvalue weighted by Gasteiger charge is 2.30. The Morgan fingerprint density at radius 2 is 1.48 bits per heavy atom. The molecule has 136 valence electrons. The molecule has 27 heavy (non-hydrogen) atoms. The largest absolute Gasteiger partial charge is 0.416 e. The van der Waals surface area contributed by atoms with Crippen molar-refractivity contribution in [2.24, 2.45) is 5.10 Å². The first-order valence-electron chi connectivity index (χ1n) is 7.97. The molecule has 0 fully saturated rings. The average Bonchev–Trinajstić information content (AvgIpc) is 2.69. The van der Waals surface area contributed by atoms with Crippen molar-refractivity contribution >= 4 is 11.6 Å². The summed E-state index contributed by atoms with van der Waals surface area (Å²) in [5.74, 6) is -0.518. The molecule has 0 saturated heterocycles. The number of halogens is 3. The summed E-state index contributed by atoms with van der Waals surface area (Å²) in [7, 11) is 0. The van der Waals surface area contributed by atoms with E-state index in [1.165, 1.54) is 24.4 Å². The van der Waals surface area contributed by atoms with E-state index in [1.807, 2.05) is 0 Å². The van der Waals surface area contributed by atoms with Crippen LogP contribution in [0, 0.1) is 0 Å². The summed E-state index contributed by atoms with van der Waals surface area (Å²) in [5, 5.41) is 4.13. The second-order valence-electron chi connectivity index (χ2n) is 5.56. The van der Waals surface area contributed by atoms with Crippen LogP contribution in [0.15, 0.2) is 84.1 Å². The lowest BCUT2D eigenvalue weighted by Gasteiger charge is -2.10. The number of carbonyl (C=O) groups excluding carboxylic acids is 1. The van der Waals surface area contributed by atoms with Gasteiger partial charge in [0, 0.05) is 17.3 Å². The number of nitrogens with zero attached hydrogens (tertiary/aromatic N) is 2. The van der Waals surface area contributed by atoms with Gasteiger partial charge in [-0.05, 0) is 24.3 Å². The van der Waals surface area contributed by atoms with Gasteiger partial charge in [-0.3, -0.25) is 9.78 Å². The molecule has 0 unspecified atom stereocenters. The number of nitrogens with one attached hydrogen (secondary N) is 1. The second kappa shape index (κ2) is 7.82. The number of rotatable bonds is 4. The van der Waals surface area contributed by atoms with E-state index in [9.17, 15) is 18.0 Å². The Bertz CT molecular complexity index is 938. The minimum Gasteiger partial charge on any atom is -0.266 e. The van der Waals surface area contributed by atoms with Crippen LogP contribution >= 0.6 is 0 Å². The number of amides is 1. The molecule has 1 heterocycles. The third-order valence-corrected chi connectivity index (χ3v) is 3.70. The summed E-state index contributed by atoms with van der Waals surface area (Å²) < 4.78 is 38.4. The monoisotopic (exact) mass is 369 g/mol. The van der Waals surface area contributed by atoms with Crippen molar-refractivity contribution in [3.05, 3.63) is 101 Å². The van der Waals surface area contributed by atoms with E-state index >= 15 is 0 Å². The van der Waals surface area contributed by atoms with E-state index in [-0.39, 0.29) is 5.69 Å². The van der Waals surface area contributed by atoms with E-state index in [0.717, 1.165) is 12.1 Å². The fourth-order valence-electron chi connectivity index (χ4n) is 2.37. The van der Waals surface area contributed by atoms with Crippen molar-refractivity contribution in [2.75, 3.05) is 0 Å². The Kier molecular flexibility index (Phi) is 5.30. The summed E-state index contributed by atoms with van der Waals surface area (Å²) in [4.78, 5) is 16.1. The van der Waals surface area contributed by atoms with Crippen LogP contribution in [0.3, 0.4) is 0 Å². The predicted molar refractivity (Wildman–Crippen MR) is 95.2 cm³/mol. The van der Waals surface area contributed by atoms with Gasteiger partial charge in [0.2, 0.25) is 0 Å². The van der Waals surface area contributed by atoms with Crippen LogP contribution in [0.2, 0.25) is 0 Å².